The number of hydrogen-bond donors (Lipinski definition) is 2. The molecule has 0 saturated carbocycles. The van der Waals surface area contributed by atoms with Crippen molar-refractivity contribution >= 4 is 0 Å². The largest absolute Gasteiger partial charge is 0.393 e. The molecule has 1 unspecified atom stereocenters. The Morgan fingerprint density at radius 1 is 1.19 bits per heavy atom. The highest BCUT2D eigenvalue weighted by Crippen LogP contribution is 1.96. The normalized spacial score (nSPS) is 14.4. The molecule has 0 aromatic heterocycles. The van der Waals surface area contributed by atoms with Crippen LogP contribution in [0.4, 0.5) is 0 Å². The third-order valence-electron chi connectivity index (χ3n) is 2.79. The standard InChI is InChI=1S/C12H30N3O/c1-12(16)6-7-13-8-10-15(4,5)11-9-14(2)3/h12-13,16H,6-11H2,1-5H3/q+1. The van der Waals surface area contributed by atoms with Gasteiger partial charge in [-0.15, -0.1) is 0 Å². The molecule has 0 saturated heterocycles. The van der Waals surface area contributed by atoms with Gasteiger partial charge in [-0.3, -0.25) is 0 Å². The summed E-state index contributed by atoms with van der Waals surface area (Å²) in [4.78, 5) is 2.22. The van der Waals surface area contributed by atoms with Crippen LogP contribution in [0.2, 0.25) is 0 Å². The Morgan fingerprint density at radius 2 is 1.81 bits per heavy atom. The lowest BCUT2D eigenvalue weighted by atomic mass is 10.3. The van der Waals surface area contributed by atoms with Crippen molar-refractivity contribution in [2.45, 2.75) is 19.4 Å². The molecule has 1 atom stereocenters. The molecule has 16 heavy (non-hydrogen) atoms. The summed E-state index contributed by atoms with van der Waals surface area (Å²) >= 11 is 0. The predicted octanol–water partition coefficient (Wildman–Crippen LogP) is -0.0151. The molecule has 0 bridgehead atoms. The number of quaternary nitrogens is 1. The lowest BCUT2D eigenvalue weighted by Crippen LogP contribution is -2.48. The maximum atomic E-state index is 9.11. The summed E-state index contributed by atoms with van der Waals surface area (Å²) in [6, 6.07) is 0. The van der Waals surface area contributed by atoms with E-state index in [1.807, 2.05) is 6.92 Å². The second-order valence-corrected chi connectivity index (χ2v) is 5.57. The van der Waals surface area contributed by atoms with Gasteiger partial charge in [-0.2, -0.15) is 0 Å². The monoisotopic (exact) mass is 232 g/mol. The summed E-state index contributed by atoms with van der Waals surface area (Å²) < 4.78 is 1.04. The number of nitrogens with one attached hydrogen (secondary N) is 1. The topological polar surface area (TPSA) is 35.5 Å². The first-order valence-electron chi connectivity index (χ1n) is 6.19. The van der Waals surface area contributed by atoms with E-state index in [2.05, 4.69) is 38.4 Å². The molecule has 0 aliphatic carbocycles. The molecule has 0 amide bonds. The van der Waals surface area contributed by atoms with Crippen LogP contribution < -0.4 is 5.32 Å². The van der Waals surface area contributed by atoms with Crippen molar-refractivity contribution in [1.29, 1.82) is 0 Å². The Morgan fingerprint density at radius 3 is 2.31 bits per heavy atom. The van der Waals surface area contributed by atoms with Crippen LogP contribution in [0.5, 0.6) is 0 Å². The Balaban J connectivity index is 3.50. The highest BCUT2D eigenvalue weighted by Gasteiger charge is 2.14. The fourth-order valence-electron chi connectivity index (χ4n) is 1.40. The summed E-state index contributed by atoms with van der Waals surface area (Å²) in [6.07, 6.45) is 0.647. The van der Waals surface area contributed by atoms with E-state index in [4.69, 9.17) is 5.11 Å². The minimum absolute atomic E-state index is 0.191. The van der Waals surface area contributed by atoms with Crippen molar-refractivity contribution in [3.05, 3.63) is 0 Å². The first-order chi connectivity index (χ1) is 7.33. The van der Waals surface area contributed by atoms with Gasteiger partial charge in [-0.1, -0.05) is 0 Å². The number of rotatable bonds is 9. The number of nitrogens with zero attached hydrogens (tertiary/aromatic N) is 2. The van der Waals surface area contributed by atoms with E-state index in [9.17, 15) is 0 Å². The third-order valence-corrected chi connectivity index (χ3v) is 2.79. The second kappa shape index (κ2) is 8.01. The average molecular weight is 232 g/mol. The average Bonchev–Trinajstić information content (AvgIpc) is 2.14. The fraction of sp³-hybridized carbons (Fsp3) is 1.00. The molecule has 4 nitrogen and oxygen atoms in total. The van der Waals surface area contributed by atoms with E-state index >= 15 is 0 Å². The van der Waals surface area contributed by atoms with Crippen LogP contribution in [0.3, 0.4) is 0 Å². The van der Waals surface area contributed by atoms with Crippen LogP contribution >= 0.6 is 0 Å². The maximum Gasteiger partial charge on any atom is 0.0911 e. The van der Waals surface area contributed by atoms with Gasteiger partial charge in [-0.05, 0) is 34.0 Å². The first kappa shape index (κ1) is 15.8. The van der Waals surface area contributed by atoms with Crippen molar-refractivity contribution in [3.63, 3.8) is 0 Å². The van der Waals surface area contributed by atoms with Crippen molar-refractivity contribution < 1.29 is 9.59 Å². The van der Waals surface area contributed by atoms with Gasteiger partial charge in [0, 0.05) is 13.1 Å². The molecule has 0 radical (unpaired) electrons. The SMILES string of the molecule is CC(O)CCNCC[N+](C)(C)CCN(C)C. The van der Waals surface area contributed by atoms with Crippen molar-refractivity contribution in [2.24, 2.45) is 0 Å². The molecule has 0 aliphatic rings. The van der Waals surface area contributed by atoms with Crippen LogP contribution in [0.25, 0.3) is 0 Å². The van der Waals surface area contributed by atoms with Gasteiger partial charge in [-0.25, -0.2) is 0 Å². The van der Waals surface area contributed by atoms with Crippen LogP contribution in [0.1, 0.15) is 13.3 Å². The van der Waals surface area contributed by atoms with E-state index in [0.717, 1.165) is 37.1 Å². The van der Waals surface area contributed by atoms with Gasteiger partial charge >= 0.3 is 0 Å². The Bertz CT molecular complexity index is 170. The lowest BCUT2D eigenvalue weighted by Gasteiger charge is -2.31. The van der Waals surface area contributed by atoms with E-state index in [1.165, 1.54) is 6.54 Å². The Hall–Kier alpha value is -0.160. The van der Waals surface area contributed by atoms with Crippen LogP contribution in [-0.2, 0) is 0 Å². The Kier molecular flexibility index (Phi) is 7.93. The number of aliphatic hydroxyl groups excluding tert-OH is 1. The quantitative estimate of drug-likeness (QED) is 0.433. The molecule has 98 valence electrons. The van der Waals surface area contributed by atoms with Crippen molar-refractivity contribution in [2.75, 3.05) is 60.9 Å². The predicted molar refractivity (Wildman–Crippen MR) is 69.6 cm³/mol. The molecule has 0 aliphatic heterocycles. The fourth-order valence-corrected chi connectivity index (χ4v) is 1.40. The molecular formula is C12H30N3O+. The summed E-state index contributed by atoms with van der Waals surface area (Å²) in [5.41, 5.74) is 0. The molecule has 0 fully saturated rings. The third kappa shape index (κ3) is 10.4. The molecule has 0 aromatic rings. The van der Waals surface area contributed by atoms with E-state index in [-0.39, 0.29) is 6.10 Å². The zero-order chi connectivity index (χ0) is 12.6. The number of likely N-dealkylation sites (N-methyl/N-ethyl adjacent to an activating group) is 2. The zero-order valence-electron chi connectivity index (χ0n) is 11.7. The van der Waals surface area contributed by atoms with Gasteiger partial charge < -0.3 is 19.8 Å². The van der Waals surface area contributed by atoms with E-state index < -0.39 is 0 Å². The highest BCUT2D eigenvalue weighted by molar-refractivity contribution is 4.52. The van der Waals surface area contributed by atoms with E-state index in [1.54, 1.807) is 0 Å². The van der Waals surface area contributed by atoms with Gasteiger partial charge in [0.1, 0.15) is 0 Å². The molecule has 0 rings (SSSR count). The summed E-state index contributed by atoms with van der Waals surface area (Å²) in [5, 5.41) is 12.5. The minimum Gasteiger partial charge on any atom is -0.393 e. The minimum atomic E-state index is -0.191. The number of hydrogen-bond acceptors (Lipinski definition) is 3. The smallest absolute Gasteiger partial charge is 0.0911 e. The lowest BCUT2D eigenvalue weighted by molar-refractivity contribution is -0.888. The van der Waals surface area contributed by atoms with Crippen LogP contribution in [-0.4, -0.2) is 81.5 Å². The van der Waals surface area contributed by atoms with Gasteiger partial charge in [0.15, 0.2) is 0 Å². The van der Waals surface area contributed by atoms with Crippen LogP contribution in [0.15, 0.2) is 0 Å². The van der Waals surface area contributed by atoms with Gasteiger partial charge in [0.05, 0.1) is 33.3 Å². The number of aliphatic hydroxyl groups is 1. The summed E-state index contributed by atoms with van der Waals surface area (Å²) in [5.74, 6) is 0. The summed E-state index contributed by atoms with van der Waals surface area (Å²) in [7, 11) is 8.75. The summed E-state index contributed by atoms with van der Waals surface area (Å²) in [6.45, 7) is 7.19. The van der Waals surface area contributed by atoms with E-state index in [0.29, 0.717) is 0 Å². The first-order valence-corrected chi connectivity index (χ1v) is 6.19. The zero-order valence-corrected chi connectivity index (χ0v) is 11.7. The molecule has 0 heterocycles. The van der Waals surface area contributed by atoms with Crippen molar-refractivity contribution in [1.82, 2.24) is 10.2 Å². The molecule has 2 N–H and O–H groups in total. The second-order valence-electron chi connectivity index (χ2n) is 5.57. The molecule has 0 aromatic carbocycles. The van der Waals surface area contributed by atoms with Crippen LogP contribution in [0, 0.1) is 0 Å². The molecule has 4 heteroatoms. The van der Waals surface area contributed by atoms with Crippen molar-refractivity contribution in [3.8, 4) is 0 Å². The van der Waals surface area contributed by atoms with Gasteiger partial charge in [0.25, 0.3) is 0 Å². The highest BCUT2D eigenvalue weighted by atomic mass is 16.3. The molecule has 0 spiro atoms. The van der Waals surface area contributed by atoms with Gasteiger partial charge in [0.2, 0.25) is 0 Å². The maximum absolute atomic E-state index is 9.11. The molecular weight excluding hydrogens is 202 g/mol. The Labute approximate surface area is 101 Å².